The number of hydrogen-bond acceptors (Lipinski definition) is 5. The normalized spacial score (nSPS) is 11.1. The average molecular weight is 242 g/mol. The molecule has 0 aliphatic rings. The lowest BCUT2D eigenvalue weighted by atomic mass is 10.3. The van der Waals surface area contributed by atoms with Crippen molar-refractivity contribution in [3.05, 3.63) is 11.1 Å². The second kappa shape index (κ2) is 5.81. The molecule has 0 saturated carbocycles. The first kappa shape index (κ1) is 12.9. The highest BCUT2D eigenvalue weighted by molar-refractivity contribution is 7.13. The van der Waals surface area contributed by atoms with E-state index in [-0.39, 0.29) is 5.91 Å². The third-order valence-corrected chi connectivity index (χ3v) is 3.06. The molecule has 16 heavy (non-hydrogen) atoms. The number of nitrogens with two attached hydrogens (primary N) is 1. The van der Waals surface area contributed by atoms with Crippen LogP contribution < -0.4 is 11.1 Å². The summed E-state index contributed by atoms with van der Waals surface area (Å²) in [4.78, 5) is 17.6. The summed E-state index contributed by atoms with van der Waals surface area (Å²) in [6.07, 6.45) is 0. The Morgan fingerprint density at radius 3 is 2.88 bits per heavy atom. The number of nitrogens with one attached hydrogen (secondary N) is 1. The third kappa shape index (κ3) is 3.79. The Kier molecular flexibility index (Phi) is 4.70. The van der Waals surface area contributed by atoms with Crippen molar-refractivity contribution in [3.8, 4) is 0 Å². The van der Waals surface area contributed by atoms with Crippen molar-refractivity contribution in [2.24, 2.45) is 0 Å². The van der Waals surface area contributed by atoms with Gasteiger partial charge in [0.25, 0.3) is 5.91 Å². The second-order valence-corrected chi connectivity index (χ2v) is 4.79. The zero-order chi connectivity index (χ0) is 12.1. The minimum Gasteiger partial charge on any atom is -0.375 e. The van der Waals surface area contributed by atoms with E-state index in [2.05, 4.69) is 29.0 Å². The molecule has 0 spiro atoms. The fourth-order valence-corrected chi connectivity index (χ4v) is 1.63. The summed E-state index contributed by atoms with van der Waals surface area (Å²) >= 11 is 1.27. The van der Waals surface area contributed by atoms with E-state index in [1.165, 1.54) is 11.3 Å². The van der Waals surface area contributed by atoms with E-state index in [1.807, 2.05) is 7.05 Å². The molecule has 0 bridgehead atoms. The van der Waals surface area contributed by atoms with Crippen LogP contribution in [0.2, 0.25) is 0 Å². The van der Waals surface area contributed by atoms with Crippen LogP contribution in [0, 0.1) is 0 Å². The second-order valence-electron chi connectivity index (χ2n) is 3.90. The highest BCUT2D eigenvalue weighted by Gasteiger charge is 2.09. The highest BCUT2D eigenvalue weighted by Crippen LogP contribution is 2.10. The summed E-state index contributed by atoms with van der Waals surface area (Å²) in [6.45, 7) is 5.67. The minimum absolute atomic E-state index is 0.162. The number of rotatable bonds is 5. The lowest BCUT2D eigenvalue weighted by Crippen LogP contribution is -2.36. The predicted octanol–water partition coefficient (Wildman–Crippen LogP) is 0.795. The Bertz CT molecular complexity index is 350. The van der Waals surface area contributed by atoms with Gasteiger partial charge < -0.3 is 16.0 Å². The average Bonchev–Trinajstić information content (AvgIpc) is 2.64. The quantitative estimate of drug-likeness (QED) is 0.801. The SMILES string of the molecule is CC(C)N(C)CCNC(=O)c1csc(N)n1. The molecule has 0 unspecified atom stereocenters. The van der Waals surface area contributed by atoms with Crippen LogP contribution in [0.5, 0.6) is 0 Å². The van der Waals surface area contributed by atoms with Gasteiger partial charge in [-0.3, -0.25) is 4.79 Å². The van der Waals surface area contributed by atoms with Crippen molar-refractivity contribution >= 4 is 22.4 Å². The lowest BCUT2D eigenvalue weighted by Gasteiger charge is -2.20. The van der Waals surface area contributed by atoms with Crippen LogP contribution in [0.4, 0.5) is 5.13 Å². The van der Waals surface area contributed by atoms with Crippen LogP contribution >= 0.6 is 11.3 Å². The topological polar surface area (TPSA) is 71.2 Å². The molecule has 90 valence electrons. The fourth-order valence-electron chi connectivity index (χ4n) is 1.09. The van der Waals surface area contributed by atoms with Gasteiger partial charge in [0, 0.05) is 24.5 Å². The number of nitrogens with zero attached hydrogens (tertiary/aromatic N) is 2. The summed E-state index contributed by atoms with van der Waals surface area (Å²) in [7, 11) is 2.03. The summed E-state index contributed by atoms with van der Waals surface area (Å²) in [5.41, 5.74) is 5.85. The van der Waals surface area contributed by atoms with Gasteiger partial charge in [-0.1, -0.05) is 0 Å². The Morgan fingerprint density at radius 2 is 2.38 bits per heavy atom. The van der Waals surface area contributed by atoms with Crippen LogP contribution in [0.15, 0.2) is 5.38 Å². The molecular formula is C10H18N4OS. The van der Waals surface area contributed by atoms with Gasteiger partial charge in [-0.2, -0.15) is 0 Å². The van der Waals surface area contributed by atoms with E-state index in [1.54, 1.807) is 5.38 Å². The molecule has 1 amide bonds. The molecule has 1 rings (SSSR count). The van der Waals surface area contributed by atoms with E-state index in [4.69, 9.17) is 5.73 Å². The molecular weight excluding hydrogens is 224 g/mol. The molecule has 0 aromatic carbocycles. The van der Waals surface area contributed by atoms with Crippen molar-refractivity contribution in [1.82, 2.24) is 15.2 Å². The third-order valence-electron chi connectivity index (χ3n) is 2.39. The Balaban J connectivity index is 2.31. The minimum atomic E-state index is -0.162. The summed E-state index contributed by atoms with van der Waals surface area (Å²) in [6, 6.07) is 0.479. The van der Waals surface area contributed by atoms with E-state index in [9.17, 15) is 4.79 Å². The summed E-state index contributed by atoms with van der Waals surface area (Å²) in [5, 5.41) is 4.89. The molecule has 0 saturated heterocycles. The zero-order valence-electron chi connectivity index (χ0n) is 9.86. The molecule has 0 aliphatic carbocycles. The molecule has 1 aromatic heterocycles. The standard InChI is InChI=1S/C10H18N4OS/c1-7(2)14(3)5-4-12-9(15)8-6-16-10(11)13-8/h6-7H,4-5H2,1-3H3,(H2,11,13)(H,12,15). The Morgan fingerprint density at radius 1 is 1.69 bits per heavy atom. The maximum Gasteiger partial charge on any atom is 0.270 e. The molecule has 5 nitrogen and oxygen atoms in total. The van der Waals surface area contributed by atoms with Crippen LogP contribution in [-0.2, 0) is 0 Å². The van der Waals surface area contributed by atoms with E-state index in [0.29, 0.717) is 23.4 Å². The van der Waals surface area contributed by atoms with Gasteiger partial charge in [0.05, 0.1) is 0 Å². The molecule has 1 aromatic rings. The van der Waals surface area contributed by atoms with E-state index < -0.39 is 0 Å². The first-order chi connectivity index (χ1) is 7.50. The number of thiazole rings is 1. The summed E-state index contributed by atoms with van der Waals surface area (Å²) in [5.74, 6) is -0.162. The first-order valence-corrected chi connectivity index (χ1v) is 6.08. The van der Waals surface area contributed by atoms with Crippen molar-refractivity contribution in [1.29, 1.82) is 0 Å². The molecule has 3 N–H and O–H groups in total. The van der Waals surface area contributed by atoms with Gasteiger partial charge in [0.15, 0.2) is 5.13 Å². The number of carbonyl (C=O) groups excluding carboxylic acids is 1. The Labute approximate surface area is 99.7 Å². The Hall–Kier alpha value is -1.14. The van der Waals surface area contributed by atoms with E-state index >= 15 is 0 Å². The van der Waals surface area contributed by atoms with Gasteiger partial charge in [-0.15, -0.1) is 11.3 Å². The molecule has 0 atom stereocenters. The van der Waals surface area contributed by atoms with Gasteiger partial charge in [-0.25, -0.2) is 4.98 Å². The van der Waals surface area contributed by atoms with Crippen LogP contribution in [0.3, 0.4) is 0 Å². The maximum absolute atomic E-state index is 11.6. The van der Waals surface area contributed by atoms with Crippen molar-refractivity contribution in [3.63, 3.8) is 0 Å². The molecule has 6 heteroatoms. The van der Waals surface area contributed by atoms with Crippen molar-refractivity contribution < 1.29 is 4.79 Å². The number of anilines is 1. The predicted molar refractivity (Wildman–Crippen MR) is 66.6 cm³/mol. The number of likely N-dealkylation sites (N-methyl/N-ethyl adjacent to an activating group) is 1. The molecule has 0 aliphatic heterocycles. The number of carbonyl (C=O) groups is 1. The van der Waals surface area contributed by atoms with Crippen molar-refractivity contribution in [2.45, 2.75) is 19.9 Å². The molecule has 0 fully saturated rings. The van der Waals surface area contributed by atoms with Gasteiger partial charge in [0.1, 0.15) is 5.69 Å². The number of amides is 1. The largest absolute Gasteiger partial charge is 0.375 e. The van der Waals surface area contributed by atoms with Gasteiger partial charge in [-0.05, 0) is 20.9 Å². The van der Waals surface area contributed by atoms with Crippen LogP contribution in [0.25, 0.3) is 0 Å². The van der Waals surface area contributed by atoms with Crippen molar-refractivity contribution in [2.75, 3.05) is 25.9 Å². The molecule has 1 heterocycles. The molecule has 0 radical (unpaired) electrons. The fraction of sp³-hybridized carbons (Fsp3) is 0.600. The maximum atomic E-state index is 11.6. The van der Waals surface area contributed by atoms with Gasteiger partial charge >= 0.3 is 0 Å². The number of aromatic nitrogens is 1. The first-order valence-electron chi connectivity index (χ1n) is 5.20. The highest BCUT2D eigenvalue weighted by atomic mass is 32.1. The van der Waals surface area contributed by atoms with Gasteiger partial charge in [0.2, 0.25) is 0 Å². The van der Waals surface area contributed by atoms with Crippen LogP contribution in [0.1, 0.15) is 24.3 Å². The van der Waals surface area contributed by atoms with Crippen LogP contribution in [-0.4, -0.2) is 42.0 Å². The lowest BCUT2D eigenvalue weighted by molar-refractivity contribution is 0.0944. The monoisotopic (exact) mass is 242 g/mol. The number of nitrogen functional groups attached to an aromatic ring is 1. The summed E-state index contributed by atoms with van der Waals surface area (Å²) < 4.78 is 0. The van der Waals surface area contributed by atoms with E-state index in [0.717, 1.165) is 6.54 Å². The number of hydrogen-bond donors (Lipinski definition) is 2. The zero-order valence-corrected chi connectivity index (χ0v) is 10.7. The smallest absolute Gasteiger partial charge is 0.270 e.